The summed E-state index contributed by atoms with van der Waals surface area (Å²) >= 11 is 0. The molecule has 8 heteroatoms. The highest BCUT2D eigenvalue weighted by Crippen LogP contribution is 2.38. The van der Waals surface area contributed by atoms with Crippen LogP contribution < -0.4 is 5.32 Å². The third-order valence-electron chi connectivity index (χ3n) is 3.48. The largest absolute Gasteiger partial charge is 0.346 e. The molecule has 2 heterocycles. The fraction of sp³-hybridized carbons (Fsp3) is 0.636. The molecule has 1 aliphatic heterocycles. The summed E-state index contributed by atoms with van der Waals surface area (Å²) in [7, 11) is 0. The summed E-state index contributed by atoms with van der Waals surface area (Å²) in [6, 6.07) is -0.0172. The van der Waals surface area contributed by atoms with Crippen molar-refractivity contribution in [1.82, 2.24) is 9.97 Å². The Kier molecular flexibility index (Phi) is 3.03. The molecule has 1 aromatic heterocycles. The lowest BCUT2D eigenvalue weighted by Crippen LogP contribution is -2.43. The van der Waals surface area contributed by atoms with Gasteiger partial charge in [0.1, 0.15) is 12.4 Å². The first kappa shape index (κ1) is 12.2. The van der Waals surface area contributed by atoms with Crippen molar-refractivity contribution in [2.24, 2.45) is 0 Å². The minimum absolute atomic E-state index is 0.0172. The zero-order valence-electron chi connectivity index (χ0n) is 10.2. The van der Waals surface area contributed by atoms with Crippen LogP contribution in [-0.4, -0.2) is 39.9 Å². The van der Waals surface area contributed by atoms with Gasteiger partial charge in [0.25, 0.3) is 0 Å². The molecule has 1 atom stereocenters. The Labute approximate surface area is 109 Å². The van der Waals surface area contributed by atoms with E-state index in [-0.39, 0.29) is 11.7 Å². The maximum Gasteiger partial charge on any atom is 0.305 e. The van der Waals surface area contributed by atoms with Gasteiger partial charge in [0.2, 0.25) is 5.95 Å². The minimum Gasteiger partial charge on any atom is -0.346 e. The Balaban J connectivity index is 1.72. The molecule has 0 radical (unpaired) electrons. The Morgan fingerprint density at radius 2 is 2.05 bits per heavy atom. The van der Waals surface area contributed by atoms with Gasteiger partial charge < -0.3 is 14.8 Å². The van der Waals surface area contributed by atoms with Gasteiger partial charge >= 0.3 is 5.69 Å². The van der Waals surface area contributed by atoms with Crippen molar-refractivity contribution in [2.75, 3.05) is 18.5 Å². The fourth-order valence-corrected chi connectivity index (χ4v) is 2.59. The zero-order chi connectivity index (χ0) is 13.3. The quantitative estimate of drug-likeness (QED) is 0.645. The SMILES string of the molecule is O=[N+]([O-])c1cnc(NC2CCCC23OCCO3)nc1. The third kappa shape index (κ3) is 2.24. The Morgan fingerprint density at radius 3 is 2.68 bits per heavy atom. The molecule has 1 N–H and O–H groups in total. The summed E-state index contributed by atoms with van der Waals surface area (Å²) in [5.41, 5.74) is -0.125. The Bertz CT molecular complexity index is 467. The van der Waals surface area contributed by atoms with Gasteiger partial charge in [0.15, 0.2) is 5.79 Å². The van der Waals surface area contributed by atoms with E-state index in [2.05, 4.69) is 15.3 Å². The van der Waals surface area contributed by atoms with E-state index in [9.17, 15) is 10.1 Å². The standard InChI is InChI=1S/C11H14N4O4/c16-15(17)8-6-12-10(13-7-8)14-9-2-1-3-11(9)18-4-5-19-11/h6-7,9H,1-5H2,(H,12,13,14). The number of nitrogens with one attached hydrogen (secondary N) is 1. The van der Waals surface area contributed by atoms with Crippen molar-refractivity contribution in [3.8, 4) is 0 Å². The molecule has 1 spiro atoms. The lowest BCUT2D eigenvalue weighted by Gasteiger charge is -2.29. The van der Waals surface area contributed by atoms with E-state index in [0.29, 0.717) is 19.2 Å². The monoisotopic (exact) mass is 266 g/mol. The second kappa shape index (κ2) is 4.71. The van der Waals surface area contributed by atoms with Gasteiger partial charge in [-0.2, -0.15) is 0 Å². The molecule has 1 saturated carbocycles. The van der Waals surface area contributed by atoms with E-state index in [1.54, 1.807) is 0 Å². The van der Waals surface area contributed by atoms with Crippen LogP contribution in [0.2, 0.25) is 0 Å². The van der Waals surface area contributed by atoms with Crippen molar-refractivity contribution >= 4 is 11.6 Å². The maximum absolute atomic E-state index is 10.5. The molecule has 0 bridgehead atoms. The average Bonchev–Trinajstić information content (AvgIpc) is 3.02. The number of nitrogens with zero attached hydrogens (tertiary/aromatic N) is 3. The number of rotatable bonds is 3. The number of ether oxygens (including phenoxy) is 2. The van der Waals surface area contributed by atoms with Gasteiger partial charge in [-0.25, -0.2) is 9.97 Å². The average molecular weight is 266 g/mol. The lowest BCUT2D eigenvalue weighted by molar-refractivity contribution is -0.385. The normalized spacial score (nSPS) is 24.7. The number of hydrogen-bond donors (Lipinski definition) is 1. The molecule has 3 rings (SSSR count). The predicted molar refractivity (Wildman–Crippen MR) is 64.6 cm³/mol. The number of hydrogen-bond acceptors (Lipinski definition) is 7. The summed E-state index contributed by atoms with van der Waals surface area (Å²) in [6.07, 6.45) is 5.13. The van der Waals surface area contributed by atoms with Crippen molar-refractivity contribution in [3.05, 3.63) is 22.5 Å². The van der Waals surface area contributed by atoms with E-state index in [0.717, 1.165) is 19.3 Å². The minimum atomic E-state index is -0.578. The zero-order valence-corrected chi connectivity index (χ0v) is 10.2. The smallest absolute Gasteiger partial charge is 0.305 e. The molecule has 0 aromatic carbocycles. The molecule has 2 aliphatic rings. The molecule has 1 aromatic rings. The van der Waals surface area contributed by atoms with Gasteiger partial charge in [-0.3, -0.25) is 10.1 Å². The summed E-state index contributed by atoms with van der Waals surface area (Å²) in [6.45, 7) is 1.19. The van der Waals surface area contributed by atoms with Crippen LogP contribution in [-0.2, 0) is 9.47 Å². The highest BCUT2D eigenvalue weighted by molar-refractivity contribution is 5.32. The predicted octanol–water partition coefficient (Wildman–Crippen LogP) is 1.09. The summed E-state index contributed by atoms with van der Waals surface area (Å²) in [4.78, 5) is 17.9. The van der Waals surface area contributed by atoms with Crippen molar-refractivity contribution < 1.29 is 14.4 Å². The van der Waals surface area contributed by atoms with Crippen LogP contribution in [0.4, 0.5) is 11.6 Å². The number of nitro groups is 1. The van der Waals surface area contributed by atoms with E-state index < -0.39 is 10.7 Å². The van der Waals surface area contributed by atoms with Crippen LogP contribution in [0.3, 0.4) is 0 Å². The first-order valence-corrected chi connectivity index (χ1v) is 6.20. The molecule has 19 heavy (non-hydrogen) atoms. The van der Waals surface area contributed by atoms with Crippen molar-refractivity contribution in [3.63, 3.8) is 0 Å². The molecular formula is C11H14N4O4. The lowest BCUT2D eigenvalue weighted by atomic mass is 10.1. The van der Waals surface area contributed by atoms with Gasteiger partial charge in [0.05, 0.1) is 24.2 Å². The highest BCUT2D eigenvalue weighted by Gasteiger charge is 2.48. The van der Waals surface area contributed by atoms with Crippen LogP contribution in [0.15, 0.2) is 12.4 Å². The Hall–Kier alpha value is -1.80. The first-order chi connectivity index (χ1) is 9.20. The van der Waals surface area contributed by atoms with Gasteiger partial charge in [-0.1, -0.05) is 0 Å². The van der Waals surface area contributed by atoms with Gasteiger partial charge in [-0.05, 0) is 12.8 Å². The van der Waals surface area contributed by atoms with E-state index in [1.807, 2.05) is 0 Å². The second-order valence-corrected chi connectivity index (χ2v) is 4.62. The van der Waals surface area contributed by atoms with Gasteiger partial charge in [-0.15, -0.1) is 0 Å². The van der Waals surface area contributed by atoms with Crippen LogP contribution >= 0.6 is 0 Å². The van der Waals surface area contributed by atoms with E-state index >= 15 is 0 Å². The molecular weight excluding hydrogens is 252 g/mol. The molecule has 8 nitrogen and oxygen atoms in total. The third-order valence-corrected chi connectivity index (χ3v) is 3.48. The van der Waals surface area contributed by atoms with Crippen LogP contribution in [0.1, 0.15) is 19.3 Å². The number of aromatic nitrogens is 2. The van der Waals surface area contributed by atoms with Crippen LogP contribution in [0.5, 0.6) is 0 Å². The molecule has 1 unspecified atom stereocenters. The topological polar surface area (TPSA) is 99.4 Å². The summed E-state index contributed by atoms with van der Waals surface area (Å²) in [5.74, 6) is -0.221. The highest BCUT2D eigenvalue weighted by atomic mass is 16.7. The van der Waals surface area contributed by atoms with Crippen molar-refractivity contribution in [2.45, 2.75) is 31.1 Å². The molecule has 102 valence electrons. The van der Waals surface area contributed by atoms with E-state index in [1.165, 1.54) is 12.4 Å². The summed E-state index contributed by atoms with van der Waals surface area (Å²) in [5, 5.41) is 13.7. The second-order valence-electron chi connectivity index (χ2n) is 4.62. The molecule has 0 amide bonds. The molecule has 1 saturated heterocycles. The number of anilines is 1. The van der Waals surface area contributed by atoms with Gasteiger partial charge in [0, 0.05) is 6.42 Å². The van der Waals surface area contributed by atoms with Crippen molar-refractivity contribution in [1.29, 1.82) is 0 Å². The van der Waals surface area contributed by atoms with E-state index in [4.69, 9.17) is 9.47 Å². The Morgan fingerprint density at radius 1 is 1.37 bits per heavy atom. The molecule has 1 aliphatic carbocycles. The maximum atomic E-state index is 10.5. The first-order valence-electron chi connectivity index (χ1n) is 6.20. The fourth-order valence-electron chi connectivity index (χ4n) is 2.59. The van der Waals surface area contributed by atoms with Crippen LogP contribution in [0, 0.1) is 10.1 Å². The summed E-state index contributed by atoms with van der Waals surface area (Å²) < 4.78 is 11.4. The molecule has 2 fully saturated rings. The van der Waals surface area contributed by atoms with Crippen LogP contribution in [0.25, 0.3) is 0 Å².